The van der Waals surface area contributed by atoms with E-state index in [1.807, 2.05) is 6.07 Å². The Bertz CT molecular complexity index is 616. The molecule has 1 aliphatic rings. The van der Waals surface area contributed by atoms with Gasteiger partial charge in [-0.2, -0.15) is 4.98 Å². The van der Waals surface area contributed by atoms with E-state index in [1.54, 1.807) is 13.2 Å². The van der Waals surface area contributed by atoms with Gasteiger partial charge < -0.3 is 10.1 Å². The van der Waals surface area contributed by atoms with Crippen LogP contribution in [0.3, 0.4) is 0 Å². The Morgan fingerprint density at radius 2 is 2.11 bits per heavy atom. The van der Waals surface area contributed by atoms with Gasteiger partial charge in [-0.15, -0.1) is 0 Å². The summed E-state index contributed by atoms with van der Waals surface area (Å²) < 4.78 is 6.58. The minimum Gasteiger partial charge on any atom is -0.438 e. The highest BCUT2D eigenvalue weighted by Gasteiger charge is 2.13. The van der Waals surface area contributed by atoms with E-state index in [-0.39, 0.29) is 0 Å². The molecule has 1 N–H and O–H groups in total. The first kappa shape index (κ1) is 12.4. The molecule has 0 spiro atoms. The van der Waals surface area contributed by atoms with Gasteiger partial charge in [0, 0.05) is 7.05 Å². The molecular weight excluding hydrogens is 306 g/mol. The number of hydrogen-bond acceptors (Lipinski definition) is 4. The summed E-state index contributed by atoms with van der Waals surface area (Å²) in [6.45, 7) is 0. The number of hydrogen-bond donors (Lipinski definition) is 1. The second kappa shape index (κ2) is 5.17. The van der Waals surface area contributed by atoms with Crippen molar-refractivity contribution in [2.24, 2.45) is 0 Å². The molecule has 0 saturated carbocycles. The number of ether oxygens (including phenoxy) is 1. The van der Waals surface area contributed by atoms with Crippen molar-refractivity contribution < 1.29 is 4.74 Å². The molecule has 1 heterocycles. The van der Waals surface area contributed by atoms with Crippen LogP contribution in [0.5, 0.6) is 11.6 Å². The lowest BCUT2D eigenvalue weighted by Crippen LogP contribution is -1.98. The highest BCUT2D eigenvalue weighted by Crippen LogP contribution is 2.31. The fourth-order valence-corrected chi connectivity index (χ4v) is 2.54. The highest BCUT2D eigenvalue weighted by molar-refractivity contribution is 9.10. The predicted octanol–water partition coefficient (Wildman–Crippen LogP) is 3.56. The van der Waals surface area contributed by atoms with Crippen LogP contribution in [-0.2, 0) is 12.8 Å². The largest absolute Gasteiger partial charge is 0.438 e. The van der Waals surface area contributed by atoms with Crippen LogP contribution in [0, 0.1) is 0 Å². The molecule has 0 radical (unpaired) electrons. The number of aryl methyl sites for hydroxylation is 2. The molecule has 1 aromatic carbocycles. The standard InChI is InChI=1S/C14H14BrN3O/c1-16-14-17-8-12(15)13(18-14)19-11-6-5-9-3-2-4-10(9)7-11/h5-8H,2-4H2,1H3,(H,16,17,18). The molecule has 3 rings (SSSR count). The molecule has 0 amide bonds. The number of nitrogens with one attached hydrogen (secondary N) is 1. The van der Waals surface area contributed by atoms with E-state index in [0.29, 0.717) is 11.8 Å². The minimum atomic E-state index is 0.525. The van der Waals surface area contributed by atoms with Gasteiger partial charge in [0.15, 0.2) is 0 Å². The van der Waals surface area contributed by atoms with Crippen LogP contribution in [0.15, 0.2) is 28.9 Å². The summed E-state index contributed by atoms with van der Waals surface area (Å²) in [7, 11) is 1.78. The van der Waals surface area contributed by atoms with Crippen molar-refractivity contribution in [1.29, 1.82) is 0 Å². The van der Waals surface area contributed by atoms with E-state index >= 15 is 0 Å². The van der Waals surface area contributed by atoms with Crippen LogP contribution < -0.4 is 10.1 Å². The Labute approximate surface area is 120 Å². The van der Waals surface area contributed by atoms with Crippen molar-refractivity contribution in [3.05, 3.63) is 40.0 Å². The summed E-state index contributed by atoms with van der Waals surface area (Å²) in [4.78, 5) is 8.40. The van der Waals surface area contributed by atoms with Crippen molar-refractivity contribution in [3.8, 4) is 11.6 Å². The molecule has 98 valence electrons. The minimum absolute atomic E-state index is 0.525. The van der Waals surface area contributed by atoms with Crippen LogP contribution >= 0.6 is 15.9 Å². The van der Waals surface area contributed by atoms with E-state index < -0.39 is 0 Å². The zero-order valence-electron chi connectivity index (χ0n) is 10.6. The normalized spacial score (nSPS) is 13.2. The average molecular weight is 320 g/mol. The second-order valence-corrected chi connectivity index (χ2v) is 5.34. The Kier molecular flexibility index (Phi) is 3.38. The van der Waals surface area contributed by atoms with Crippen LogP contribution in [0.1, 0.15) is 17.5 Å². The average Bonchev–Trinajstić information content (AvgIpc) is 2.89. The summed E-state index contributed by atoms with van der Waals surface area (Å²) in [6, 6.07) is 6.25. The van der Waals surface area contributed by atoms with Gasteiger partial charge in [-0.25, -0.2) is 4.98 Å². The molecule has 1 aromatic heterocycles. The lowest BCUT2D eigenvalue weighted by molar-refractivity contribution is 0.458. The molecule has 5 heteroatoms. The maximum absolute atomic E-state index is 5.84. The Morgan fingerprint density at radius 3 is 2.95 bits per heavy atom. The van der Waals surface area contributed by atoms with E-state index in [9.17, 15) is 0 Å². The van der Waals surface area contributed by atoms with Gasteiger partial charge in [0.25, 0.3) is 0 Å². The lowest BCUT2D eigenvalue weighted by Gasteiger charge is -2.09. The van der Waals surface area contributed by atoms with E-state index in [0.717, 1.165) is 16.6 Å². The van der Waals surface area contributed by atoms with E-state index in [1.165, 1.54) is 24.0 Å². The van der Waals surface area contributed by atoms with Gasteiger partial charge in [0.1, 0.15) is 5.75 Å². The van der Waals surface area contributed by atoms with Crippen LogP contribution in [-0.4, -0.2) is 17.0 Å². The zero-order valence-corrected chi connectivity index (χ0v) is 12.2. The van der Waals surface area contributed by atoms with Crippen molar-refractivity contribution in [1.82, 2.24) is 9.97 Å². The Hall–Kier alpha value is -1.62. The number of anilines is 1. The molecule has 0 bridgehead atoms. The summed E-state index contributed by atoms with van der Waals surface area (Å²) in [5.74, 6) is 1.89. The molecule has 0 atom stereocenters. The molecule has 0 unspecified atom stereocenters. The van der Waals surface area contributed by atoms with Crippen LogP contribution in [0.4, 0.5) is 5.95 Å². The molecule has 0 saturated heterocycles. The first-order valence-electron chi connectivity index (χ1n) is 6.26. The maximum atomic E-state index is 5.84. The van der Waals surface area contributed by atoms with Crippen molar-refractivity contribution in [3.63, 3.8) is 0 Å². The first-order valence-corrected chi connectivity index (χ1v) is 7.05. The summed E-state index contributed by atoms with van der Waals surface area (Å²) in [5.41, 5.74) is 2.82. The fourth-order valence-electron chi connectivity index (χ4n) is 2.27. The molecule has 0 fully saturated rings. The number of rotatable bonds is 3. The van der Waals surface area contributed by atoms with Crippen LogP contribution in [0.25, 0.3) is 0 Å². The molecule has 1 aliphatic carbocycles. The third-order valence-corrected chi connectivity index (χ3v) is 3.76. The Morgan fingerprint density at radius 1 is 1.26 bits per heavy atom. The highest BCUT2D eigenvalue weighted by atomic mass is 79.9. The van der Waals surface area contributed by atoms with Gasteiger partial charge in [-0.05, 0) is 58.5 Å². The number of aromatic nitrogens is 2. The summed E-state index contributed by atoms with van der Waals surface area (Å²) in [6.07, 6.45) is 5.23. The van der Waals surface area contributed by atoms with Crippen molar-refractivity contribution in [2.75, 3.05) is 12.4 Å². The Balaban J connectivity index is 1.88. The van der Waals surface area contributed by atoms with Gasteiger partial charge in [-0.3, -0.25) is 0 Å². The number of fused-ring (bicyclic) bond motifs is 1. The number of nitrogens with zero attached hydrogens (tertiary/aromatic N) is 2. The topological polar surface area (TPSA) is 47.0 Å². The lowest BCUT2D eigenvalue weighted by atomic mass is 10.1. The van der Waals surface area contributed by atoms with E-state index in [4.69, 9.17) is 4.74 Å². The van der Waals surface area contributed by atoms with E-state index in [2.05, 4.69) is 43.3 Å². The maximum Gasteiger partial charge on any atom is 0.238 e. The molecule has 4 nitrogen and oxygen atoms in total. The third kappa shape index (κ3) is 2.56. The first-order chi connectivity index (χ1) is 9.26. The van der Waals surface area contributed by atoms with Crippen molar-refractivity contribution in [2.45, 2.75) is 19.3 Å². The number of halogens is 1. The van der Waals surface area contributed by atoms with Gasteiger partial charge in [0.2, 0.25) is 11.8 Å². The SMILES string of the molecule is CNc1ncc(Br)c(Oc2ccc3c(c2)CCC3)n1. The van der Waals surface area contributed by atoms with Crippen molar-refractivity contribution >= 4 is 21.9 Å². The van der Waals surface area contributed by atoms with Gasteiger partial charge in [-0.1, -0.05) is 6.07 Å². The predicted molar refractivity (Wildman–Crippen MR) is 77.8 cm³/mol. The quantitative estimate of drug-likeness (QED) is 0.939. The third-order valence-electron chi connectivity index (χ3n) is 3.22. The molecule has 19 heavy (non-hydrogen) atoms. The smallest absolute Gasteiger partial charge is 0.238 e. The summed E-state index contributed by atoms with van der Waals surface area (Å²) >= 11 is 3.40. The number of benzene rings is 1. The van der Waals surface area contributed by atoms with Crippen LogP contribution in [0.2, 0.25) is 0 Å². The van der Waals surface area contributed by atoms with Gasteiger partial charge >= 0.3 is 0 Å². The molecular formula is C14H14BrN3O. The molecule has 2 aromatic rings. The fraction of sp³-hybridized carbons (Fsp3) is 0.286. The monoisotopic (exact) mass is 319 g/mol. The second-order valence-electron chi connectivity index (χ2n) is 4.48. The summed E-state index contributed by atoms with van der Waals surface area (Å²) in [5, 5.41) is 2.90. The molecule has 0 aliphatic heterocycles. The van der Waals surface area contributed by atoms with Gasteiger partial charge in [0.05, 0.1) is 10.7 Å². The zero-order chi connectivity index (χ0) is 13.2.